The van der Waals surface area contributed by atoms with Gasteiger partial charge in [0, 0.05) is 37.9 Å². The number of rotatable bonds is 11. The highest BCUT2D eigenvalue weighted by atomic mass is 15.1. The normalized spacial score (nSPS) is 11.6. The minimum atomic E-state index is 0.430. The first kappa shape index (κ1) is 22.4. The second kappa shape index (κ2) is 11.2. The highest BCUT2D eigenvalue weighted by molar-refractivity contribution is 5.49. The fourth-order valence-corrected chi connectivity index (χ4v) is 3.51. The zero-order valence-electron chi connectivity index (χ0n) is 18.5. The molecule has 0 aromatic heterocycles. The summed E-state index contributed by atoms with van der Waals surface area (Å²) in [5, 5.41) is 6.97. The summed E-state index contributed by atoms with van der Waals surface area (Å²) in [7, 11) is 6.44. The summed E-state index contributed by atoms with van der Waals surface area (Å²) >= 11 is 0. The molecule has 0 atom stereocenters. The van der Waals surface area contributed by atoms with Gasteiger partial charge in [0.05, 0.1) is 0 Å². The van der Waals surface area contributed by atoms with E-state index in [9.17, 15) is 0 Å². The van der Waals surface area contributed by atoms with Gasteiger partial charge < -0.3 is 15.5 Å². The topological polar surface area (TPSA) is 30.5 Å². The number of anilines is 1. The Bertz CT molecular complexity index is 696. The number of hydrogen-bond donors (Lipinski definition) is 2. The third-order valence-corrected chi connectivity index (χ3v) is 4.48. The lowest BCUT2D eigenvalue weighted by molar-refractivity contribution is 0.318. The zero-order valence-corrected chi connectivity index (χ0v) is 18.5. The van der Waals surface area contributed by atoms with E-state index in [0.717, 1.165) is 32.7 Å². The van der Waals surface area contributed by atoms with Crippen molar-refractivity contribution in [2.45, 2.75) is 53.0 Å². The van der Waals surface area contributed by atoms with Gasteiger partial charge in [-0.05, 0) is 75.9 Å². The van der Waals surface area contributed by atoms with Crippen LogP contribution in [0.15, 0.2) is 42.5 Å². The Hall–Kier alpha value is -1.88. The average Bonchev–Trinajstić information content (AvgIpc) is 2.58. The molecule has 0 spiro atoms. The molecule has 0 unspecified atom stereocenters. The van der Waals surface area contributed by atoms with Crippen LogP contribution in [0.5, 0.6) is 0 Å². The van der Waals surface area contributed by atoms with E-state index in [0.29, 0.717) is 6.04 Å². The molecule has 2 rings (SSSR count). The Morgan fingerprint density at radius 2 is 1.43 bits per heavy atom. The molecule has 2 aromatic rings. The number of benzene rings is 2. The summed E-state index contributed by atoms with van der Waals surface area (Å²) in [6.45, 7) is 11.3. The molecule has 2 N–H and O–H groups in total. The van der Waals surface area contributed by atoms with Crippen molar-refractivity contribution in [3.8, 4) is 0 Å². The monoisotopic (exact) mass is 382 g/mol. The minimum absolute atomic E-state index is 0.430. The lowest BCUT2D eigenvalue weighted by atomic mass is 10.1. The summed E-state index contributed by atoms with van der Waals surface area (Å²) < 4.78 is 0. The number of nitrogens with zero attached hydrogens (tertiary/aromatic N) is 2. The molecular formula is C24H38N4. The molecule has 28 heavy (non-hydrogen) atoms. The predicted molar refractivity (Wildman–Crippen MR) is 122 cm³/mol. The van der Waals surface area contributed by atoms with Crippen LogP contribution in [-0.2, 0) is 26.2 Å². The van der Waals surface area contributed by atoms with Gasteiger partial charge in [0.15, 0.2) is 0 Å². The first-order chi connectivity index (χ1) is 13.4. The standard InChI is InChI=1S/C24H38N4/c1-7-25-15-20-9-8-10-21(11-20)17-28(6)18-23-12-22(16-27(4)5)13-24(14-23)26-19(2)3/h8-14,19,25-26H,7,15-18H2,1-6H3. The van der Waals surface area contributed by atoms with E-state index in [1.807, 2.05) is 0 Å². The number of nitrogens with one attached hydrogen (secondary N) is 2. The van der Waals surface area contributed by atoms with Gasteiger partial charge in [0.2, 0.25) is 0 Å². The molecule has 0 aliphatic carbocycles. The molecule has 0 amide bonds. The van der Waals surface area contributed by atoms with Crippen molar-refractivity contribution in [1.82, 2.24) is 15.1 Å². The van der Waals surface area contributed by atoms with Crippen molar-refractivity contribution in [1.29, 1.82) is 0 Å². The molecule has 0 aliphatic rings. The molecule has 0 fully saturated rings. The number of hydrogen-bond acceptors (Lipinski definition) is 4. The average molecular weight is 383 g/mol. The van der Waals surface area contributed by atoms with Gasteiger partial charge in [-0.2, -0.15) is 0 Å². The Labute approximate surface area is 171 Å². The van der Waals surface area contributed by atoms with Crippen LogP contribution < -0.4 is 10.6 Å². The van der Waals surface area contributed by atoms with Gasteiger partial charge in [0.25, 0.3) is 0 Å². The Balaban J connectivity index is 2.08. The molecule has 2 aromatic carbocycles. The maximum absolute atomic E-state index is 3.56. The second-order valence-electron chi connectivity index (χ2n) is 8.35. The van der Waals surface area contributed by atoms with E-state index in [2.05, 4.69) is 105 Å². The van der Waals surface area contributed by atoms with Gasteiger partial charge in [0.1, 0.15) is 0 Å². The molecule has 0 saturated heterocycles. The molecular weight excluding hydrogens is 344 g/mol. The highest BCUT2D eigenvalue weighted by Crippen LogP contribution is 2.19. The first-order valence-electron chi connectivity index (χ1n) is 10.4. The van der Waals surface area contributed by atoms with Crippen molar-refractivity contribution < 1.29 is 0 Å². The third kappa shape index (κ3) is 8.01. The molecule has 154 valence electrons. The Morgan fingerprint density at radius 1 is 0.821 bits per heavy atom. The van der Waals surface area contributed by atoms with E-state index >= 15 is 0 Å². The summed E-state index contributed by atoms with van der Waals surface area (Å²) in [4.78, 5) is 4.61. The van der Waals surface area contributed by atoms with E-state index in [4.69, 9.17) is 0 Å². The molecule has 0 heterocycles. The van der Waals surface area contributed by atoms with Crippen molar-refractivity contribution in [2.24, 2.45) is 0 Å². The van der Waals surface area contributed by atoms with Crippen molar-refractivity contribution in [3.05, 3.63) is 64.7 Å². The van der Waals surface area contributed by atoms with E-state index in [-0.39, 0.29) is 0 Å². The largest absolute Gasteiger partial charge is 0.383 e. The summed E-state index contributed by atoms with van der Waals surface area (Å²) in [6.07, 6.45) is 0. The highest BCUT2D eigenvalue weighted by Gasteiger charge is 2.08. The molecule has 0 aliphatic heterocycles. The summed E-state index contributed by atoms with van der Waals surface area (Å²) in [6, 6.07) is 16.2. The van der Waals surface area contributed by atoms with Crippen LogP contribution >= 0.6 is 0 Å². The zero-order chi connectivity index (χ0) is 20.5. The maximum atomic E-state index is 3.56. The van der Waals surface area contributed by atoms with Crippen molar-refractivity contribution >= 4 is 5.69 Å². The Morgan fingerprint density at radius 3 is 2.07 bits per heavy atom. The van der Waals surface area contributed by atoms with E-state index in [1.165, 1.54) is 27.9 Å². The van der Waals surface area contributed by atoms with Crippen molar-refractivity contribution in [3.63, 3.8) is 0 Å². The minimum Gasteiger partial charge on any atom is -0.383 e. The lowest BCUT2D eigenvalue weighted by Crippen LogP contribution is -2.19. The third-order valence-electron chi connectivity index (χ3n) is 4.48. The molecule has 0 radical (unpaired) electrons. The molecule has 4 nitrogen and oxygen atoms in total. The summed E-state index contributed by atoms with van der Waals surface area (Å²) in [5.74, 6) is 0. The van der Waals surface area contributed by atoms with Crippen LogP contribution in [0.4, 0.5) is 5.69 Å². The summed E-state index contributed by atoms with van der Waals surface area (Å²) in [5.41, 5.74) is 6.64. The van der Waals surface area contributed by atoms with Gasteiger partial charge in [-0.3, -0.25) is 4.90 Å². The molecule has 0 bridgehead atoms. The fourth-order valence-electron chi connectivity index (χ4n) is 3.51. The van der Waals surface area contributed by atoms with Gasteiger partial charge in [-0.15, -0.1) is 0 Å². The van der Waals surface area contributed by atoms with Crippen LogP contribution in [0.2, 0.25) is 0 Å². The van der Waals surface area contributed by atoms with Crippen LogP contribution in [0.3, 0.4) is 0 Å². The second-order valence-corrected chi connectivity index (χ2v) is 8.35. The van der Waals surface area contributed by atoms with Crippen LogP contribution in [0.25, 0.3) is 0 Å². The van der Waals surface area contributed by atoms with E-state index < -0.39 is 0 Å². The maximum Gasteiger partial charge on any atom is 0.0348 e. The van der Waals surface area contributed by atoms with Gasteiger partial charge in [-0.25, -0.2) is 0 Å². The smallest absolute Gasteiger partial charge is 0.0348 e. The van der Waals surface area contributed by atoms with Crippen LogP contribution in [0.1, 0.15) is 43.0 Å². The lowest BCUT2D eigenvalue weighted by Gasteiger charge is -2.20. The molecule has 4 heteroatoms. The predicted octanol–water partition coefficient (Wildman–Crippen LogP) is 4.31. The van der Waals surface area contributed by atoms with Crippen LogP contribution in [0, 0.1) is 0 Å². The fraction of sp³-hybridized carbons (Fsp3) is 0.500. The van der Waals surface area contributed by atoms with Crippen molar-refractivity contribution in [2.75, 3.05) is 33.0 Å². The quantitative estimate of drug-likeness (QED) is 0.606. The van der Waals surface area contributed by atoms with Gasteiger partial charge in [-0.1, -0.05) is 37.3 Å². The first-order valence-corrected chi connectivity index (χ1v) is 10.4. The Kier molecular flexibility index (Phi) is 8.97. The van der Waals surface area contributed by atoms with Crippen LogP contribution in [-0.4, -0.2) is 43.5 Å². The van der Waals surface area contributed by atoms with Gasteiger partial charge >= 0.3 is 0 Å². The van der Waals surface area contributed by atoms with E-state index in [1.54, 1.807) is 0 Å². The molecule has 0 saturated carbocycles. The SMILES string of the molecule is CCNCc1cccc(CN(C)Cc2cc(CN(C)C)cc(NC(C)C)c2)c1.